The molecule has 0 radical (unpaired) electrons. The molecule has 0 spiro atoms. The molecule has 1 aliphatic carbocycles. The summed E-state index contributed by atoms with van der Waals surface area (Å²) in [6.07, 6.45) is 6.99. The molecule has 11 nitrogen and oxygen atoms in total. The fourth-order valence-electron chi connectivity index (χ4n) is 6.04. The second-order valence-electron chi connectivity index (χ2n) is 11.4. The van der Waals surface area contributed by atoms with Crippen molar-refractivity contribution in [2.24, 2.45) is 0 Å². The Morgan fingerprint density at radius 1 is 1.02 bits per heavy atom. The lowest BCUT2D eigenvalue weighted by atomic mass is 10.0. The third-order valence-corrected chi connectivity index (χ3v) is 10.1. The van der Waals surface area contributed by atoms with E-state index in [4.69, 9.17) is 0 Å². The number of pyridine rings is 1. The Hall–Kier alpha value is -3.63. The second kappa shape index (κ2) is 11.9. The predicted molar refractivity (Wildman–Crippen MR) is 163 cm³/mol. The van der Waals surface area contributed by atoms with E-state index in [9.17, 15) is 22.0 Å². The summed E-state index contributed by atoms with van der Waals surface area (Å²) in [6, 6.07) is 3.35. The van der Waals surface area contributed by atoms with Crippen LogP contribution in [-0.2, 0) is 15.7 Å². The quantitative estimate of drug-likeness (QED) is 0.244. The summed E-state index contributed by atoms with van der Waals surface area (Å²) in [6.45, 7) is 3.26. The van der Waals surface area contributed by atoms with Crippen LogP contribution in [0.4, 0.5) is 18.9 Å². The lowest BCUT2D eigenvalue weighted by Gasteiger charge is -2.34. The number of aromatic nitrogens is 4. The van der Waals surface area contributed by atoms with Gasteiger partial charge in [-0.2, -0.15) is 12.7 Å². The minimum atomic E-state index is -4.33. The van der Waals surface area contributed by atoms with Gasteiger partial charge >= 0.3 is 10.2 Å². The van der Waals surface area contributed by atoms with Crippen molar-refractivity contribution in [2.45, 2.75) is 31.0 Å². The van der Waals surface area contributed by atoms with Crippen molar-refractivity contribution < 1.29 is 26.4 Å². The fraction of sp³-hybridized carbons (Fsp3) is 0.379. The lowest BCUT2D eigenvalue weighted by Crippen LogP contribution is -2.49. The van der Waals surface area contributed by atoms with E-state index in [-0.39, 0.29) is 43.0 Å². The first kappa shape index (κ1) is 31.4. The monoisotopic (exact) mass is 662 g/mol. The highest BCUT2D eigenvalue weighted by Gasteiger charge is 2.52. The van der Waals surface area contributed by atoms with Gasteiger partial charge in [-0.15, -0.1) is 12.4 Å². The number of halogens is 4. The number of benzene rings is 1. The van der Waals surface area contributed by atoms with Crippen LogP contribution in [0.2, 0.25) is 0 Å². The summed E-state index contributed by atoms with van der Waals surface area (Å²) in [5.74, 6) is -2.78. The first-order valence-electron chi connectivity index (χ1n) is 14.4. The van der Waals surface area contributed by atoms with E-state index in [2.05, 4.69) is 30.2 Å². The van der Waals surface area contributed by atoms with Crippen LogP contribution in [0.1, 0.15) is 41.0 Å². The Labute approximate surface area is 263 Å². The largest absolute Gasteiger partial charge is 0.345 e. The maximum absolute atomic E-state index is 15.6. The third-order valence-electron chi connectivity index (χ3n) is 8.61. The smallest absolute Gasteiger partial charge is 0.301 e. The molecule has 2 saturated heterocycles. The first-order valence-corrected chi connectivity index (χ1v) is 15.8. The number of nitrogens with zero attached hydrogens (tertiary/aromatic N) is 5. The van der Waals surface area contributed by atoms with Crippen LogP contribution in [0, 0.1) is 11.6 Å². The molecule has 2 aliphatic heterocycles. The molecule has 3 N–H and O–H groups in total. The zero-order valence-electron chi connectivity index (χ0n) is 23.9. The van der Waals surface area contributed by atoms with Crippen LogP contribution < -0.4 is 10.0 Å². The number of aromatic amines is 1. The number of alkyl halides is 1. The molecule has 3 fully saturated rings. The van der Waals surface area contributed by atoms with Crippen molar-refractivity contribution in [1.82, 2.24) is 34.5 Å². The number of anilines is 1. The number of hydrogen-bond acceptors (Lipinski definition) is 8. The topological polar surface area (TPSA) is 136 Å². The van der Waals surface area contributed by atoms with Gasteiger partial charge in [0.1, 0.15) is 23.5 Å². The van der Waals surface area contributed by atoms with Gasteiger partial charge in [-0.1, -0.05) is 0 Å². The molecule has 0 amide bonds. The number of nitrogens with one attached hydrogen (secondary N) is 3. The van der Waals surface area contributed by atoms with E-state index in [0.717, 1.165) is 61.3 Å². The molecule has 0 unspecified atom stereocenters. The number of hydrogen-bond donors (Lipinski definition) is 3. The molecule has 238 valence electrons. The Morgan fingerprint density at radius 3 is 2.40 bits per heavy atom. The molecule has 3 aromatic heterocycles. The normalized spacial score (nSPS) is 20.2. The molecule has 1 atom stereocenters. The Bertz CT molecular complexity index is 1860. The lowest BCUT2D eigenvalue weighted by molar-refractivity contribution is 0.103. The highest BCUT2D eigenvalue weighted by Crippen LogP contribution is 2.49. The maximum atomic E-state index is 15.6. The third kappa shape index (κ3) is 5.67. The Kier molecular flexibility index (Phi) is 8.33. The minimum Gasteiger partial charge on any atom is -0.345 e. The van der Waals surface area contributed by atoms with E-state index >= 15 is 4.39 Å². The SMILES string of the molecule is Cl.O=C(c1c(F)ccc(NS(=O)(=O)N2CC[C@@H](F)C2)c1F)c1c[nH]c2ncc(-c3cnc(C4(N5CCNCC5)CC4)nc3)cc12. The number of fused-ring (bicyclic) bond motifs is 1. The van der Waals surface area contributed by atoms with Crippen LogP contribution in [0.25, 0.3) is 22.2 Å². The first-order chi connectivity index (χ1) is 21.2. The fourth-order valence-corrected chi connectivity index (χ4v) is 7.31. The summed E-state index contributed by atoms with van der Waals surface area (Å²) >= 11 is 0. The Morgan fingerprint density at radius 2 is 1.73 bits per heavy atom. The predicted octanol–water partition coefficient (Wildman–Crippen LogP) is 3.55. The molecule has 4 aromatic rings. The molecular weight excluding hydrogens is 633 g/mol. The van der Waals surface area contributed by atoms with Gasteiger partial charge in [0.05, 0.1) is 16.8 Å². The molecule has 0 bridgehead atoms. The number of ketones is 1. The van der Waals surface area contributed by atoms with Gasteiger partial charge in [0, 0.05) is 86.1 Å². The second-order valence-corrected chi connectivity index (χ2v) is 13.0. The van der Waals surface area contributed by atoms with E-state index in [1.165, 1.54) is 6.20 Å². The zero-order valence-corrected chi connectivity index (χ0v) is 25.5. The highest BCUT2D eigenvalue weighted by molar-refractivity contribution is 7.90. The number of H-pyrrole nitrogens is 1. The van der Waals surface area contributed by atoms with E-state index in [0.29, 0.717) is 22.2 Å². The minimum absolute atomic E-state index is 0. The van der Waals surface area contributed by atoms with Gasteiger partial charge in [-0.3, -0.25) is 14.4 Å². The van der Waals surface area contributed by atoms with Crippen LogP contribution >= 0.6 is 12.4 Å². The van der Waals surface area contributed by atoms with E-state index in [1.807, 2.05) is 4.72 Å². The summed E-state index contributed by atoms with van der Waals surface area (Å²) in [4.78, 5) is 32.5. The van der Waals surface area contributed by atoms with Crippen molar-refractivity contribution in [1.29, 1.82) is 0 Å². The van der Waals surface area contributed by atoms with Crippen molar-refractivity contribution in [3.05, 3.63) is 71.6 Å². The van der Waals surface area contributed by atoms with Crippen LogP contribution in [0.5, 0.6) is 0 Å². The number of piperazine rings is 1. The van der Waals surface area contributed by atoms with Crippen molar-refractivity contribution >= 4 is 45.1 Å². The molecule has 5 heterocycles. The standard InChI is InChI=1S/C29H29F3N8O3S.ClH/c30-19-3-8-40(16-19)44(42,43)38-23-2-1-22(31)24(25(23)32)26(41)21-15-35-27-20(21)11-17(12-34-27)18-13-36-28(37-14-18)29(4-5-29)39-9-6-33-7-10-39;/h1-2,11-15,19,33,38H,3-10,16H2,(H,34,35);1H/t19-;/m1./s1. The highest BCUT2D eigenvalue weighted by atomic mass is 35.5. The Balaban J connectivity index is 0.00000357. The summed E-state index contributed by atoms with van der Waals surface area (Å²) < 4.78 is 72.3. The van der Waals surface area contributed by atoms with Crippen LogP contribution in [0.3, 0.4) is 0 Å². The number of carbonyl (C=O) groups is 1. The molecule has 1 saturated carbocycles. The van der Waals surface area contributed by atoms with Gasteiger partial charge in [0.2, 0.25) is 5.78 Å². The molecule has 45 heavy (non-hydrogen) atoms. The summed E-state index contributed by atoms with van der Waals surface area (Å²) in [5, 5.41) is 3.68. The van der Waals surface area contributed by atoms with E-state index in [1.54, 1.807) is 24.7 Å². The van der Waals surface area contributed by atoms with Crippen molar-refractivity contribution in [2.75, 3.05) is 44.0 Å². The molecular formula is C29H30ClF3N8O3S. The van der Waals surface area contributed by atoms with Crippen molar-refractivity contribution in [3.63, 3.8) is 0 Å². The summed E-state index contributed by atoms with van der Waals surface area (Å²) in [7, 11) is -4.33. The molecule has 3 aliphatic rings. The van der Waals surface area contributed by atoms with Crippen molar-refractivity contribution in [3.8, 4) is 11.1 Å². The van der Waals surface area contributed by atoms with Gasteiger partial charge < -0.3 is 10.3 Å². The zero-order chi connectivity index (χ0) is 30.6. The van der Waals surface area contributed by atoms with Gasteiger partial charge in [0.15, 0.2) is 5.82 Å². The number of carbonyl (C=O) groups excluding carboxylic acids is 1. The molecule has 7 rings (SSSR count). The van der Waals surface area contributed by atoms with Gasteiger partial charge in [0.25, 0.3) is 0 Å². The average Bonchev–Trinajstić information content (AvgIpc) is 3.53. The van der Waals surface area contributed by atoms with Gasteiger partial charge in [-0.05, 0) is 37.5 Å². The van der Waals surface area contributed by atoms with E-state index < -0.39 is 45.0 Å². The maximum Gasteiger partial charge on any atom is 0.301 e. The van der Waals surface area contributed by atoms with Crippen LogP contribution in [-0.4, -0.2) is 88.8 Å². The molecule has 1 aromatic carbocycles. The number of rotatable bonds is 8. The van der Waals surface area contributed by atoms with Crippen LogP contribution in [0.15, 0.2) is 43.0 Å². The average molecular weight is 663 g/mol. The van der Waals surface area contributed by atoms with Gasteiger partial charge in [-0.25, -0.2) is 28.1 Å². The summed E-state index contributed by atoms with van der Waals surface area (Å²) in [5.41, 5.74) is -0.171. The molecule has 16 heteroatoms.